The van der Waals surface area contributed by atoms with E-state index in [2.05, 4.69) is 21.8 Å². The number of aryl methyl sites for hydroxylation is 1. The van der Waals surface area contributed by atoms with Crippen LogP contribution in [0.3, 0.4) is 0 Å². The van der Waals surface area contributed by atoms with Gasteiger partial charge in [-0.05, 0) is 38.5 Å². The van der Waals surface area contributed by atoms with Crippen LogP contribution >= 0.6 is 11.3 Å². The van der Waals surface area contributed by atoms with Gasteiger partial charge in [-0.1, -0.05) is 42.5 Å². The Balaban J connectivity index is 1.52. The number of oxazole rings is 1. The summed E-state index contributed by atoms with van der Waals surface area (Å²) in [5.74, 6) is -0.0423. The van der Waals surface area contributed by atoms with E-state index in [1.807, 2.05) is 73.3 Å². The van der Waals surface area contributed by atoms with Crippen molar-refractivity contribution in [3.05, 3.63) is 65.3 Å². The number of carbonyl (C=O) groups excluding carboxylic acids is 1. The van der Waals surface area contributed by atoms with E-state index in [-0.39, 0.29) is 5.91 Å². The van der Waals surface area contributed by atoms with Crippen LogP contribution in [0.1, 0.15) is 29.3 Å². The maximum atomic E-state index is 13.4. The minimum Gasteiger partial charge on any atom is -0.423 e. The number of likely N-dealkylation sites (N-methyl/N-ethyl adjacent to an activating group) is 2. The van der Waals surface area contributed by atoms with E-state index >= 15 is 0 Å². The minimum absolute atomic E-state index is 0.0423. The molecule has 7 heteroatoms. The van der Waals surface area contributed by atoms with Crippen molar-refractivity contribution in [2.75, 3.05) is 31.1 Å². The second-order valence-corrected chi connectivity index (χ2v) is 8.41. The molecule has 0 aliphatic rings. The van der Waals surface area contributed by atoms with E-state index in [1.165, 1.54) is 0 Å². The summed E-state index contributed by atoms with van der Waals surface area (Å²) < 4.78 is 5.91. The molecule has 2 aromatic heterocycles. The first-order valence-electron chi connectivity index (χ1n) is 10.5. The average molecular weight is 435 g/mol. The zero-order valence-electron chi connectivity index (χ0n) is 18.0. The Hall–Kier alpha value is -3.19. The lowest BCUT2D eigenvalue weighted by Gasteiger charge is -2.25. The topological polar surface area (TPSA) is 62.5 Å². The fourth-order valence-electron chi connectivity index (χ4n) is 3.54. The molecule has 4 aromatic rings. The molecule has 160 valence electrons. The van der Waals surface area contributed by atoms with Crippen LogP contribution in [0.25, 0.3) is 21.5 Å². The zero-order valence-corrected chi connectivity index (χ0v) is 18.9. The largest absolute Gasteiger partial charge is 0.423 e. The summed E-state index contributed by atoms with van der Waals surface area (Å²) in [7, 11) is 0. The van der Waals surface area contributed by atoms with Crippen molar-refractivity contribution >= 4 is 34.4 Å². The summed E-state index contributed by atoms with van der Waals surface area (Å²) in [6.07, 6.45) is 0. The normalized spacial score (nSPS) is 11.1. The predicted molar refractivity (Wildman–Crippen MR) is 126 cm³/mol. The Bertz CT molecular complexity index is 1140. The predicted octanol–water partition coefficient (Wildman–Crippen LogP) is 5.25. The summed E-state index contributed by atoms with van der Waals surface area (Å²) >= 11 is 1.56. The first kappa shape index (κ1) is 21.1. The lowest BCUT2D eigenvalue weighted by atomic mass is 10.1. The fraction of sp³-hybridized carbons (Fsp3) is 0.292. The highest BCUT2D eigenvalue weighted by Gasteiger charge is 2.23. The average Bonchev–Trinajstić information content (AvgIpc) is 3.40. The van der Waals surface area contributed by atoms with Crippen LogP contribution in [-0.2, 0) is 0 Å². The molecular formula is C24H26N4O2S. The van der Waals surface area contributed by atoms with E-state index in [1.54, 1.807) is 11.3 Å². The molecule has 1 amide bonds. The number of benzene rings is 2. The third kappa shape index (κ3) is 4.46. The van der Waals surface area contributed by atoms with Gasteiger partial charge < -0.3 is 14.2 Å². The third-order valence-electron chi connectivity index (χ3n) is 5.22. The van der Waals surface area contributed by atoms with E-state index in [0.717, 1.165) is 33.1 Å². The van der Waals surface area contributed by atoms with Crippen LogP contribution in [0.2, 0.25) is 0 Å². The molecule has 0 saturated heterocycles. The molecule has 0 spiro atoms. The molecule has 0 bridgehead atoms. The van der Waals surface area contributed by atoms with Gasteiger partial charge in [-0.2, -0.15) is 4.98 Å². The van der Waals surface area contributed by atoms with Crippen molar-refractivity contribution in [3.8, 4) is 10.4 Å². The summed E-state index contributed by atoms with van der Waals surface area (Å²) in [6, 6.07) is 18.3. The quantitative estimate of drug-likeness (QED) is 0.379. The van der Waals surface area contributed by atoms with Crippen molar-refractivity contribution in [2.45, 2.75) is 20.8 Å². The van der Waals surface area contributed by atoms with Crippen molar-refractivity contribution < 1.29 is 9.21 Å². The van der Waals surface area contributed by atoms with E-state index in [9.17, 15) is 4.79 Å². The second-order valence-electron chi connectivity index (χ2n) is 7.21. The highest BCUT2D eigenvalue weighted by atomic mass is 32.1. The first-order valence-corrected chi connectivity index (χ1v) is 11.3. The number of amides is 1. The maximum Gasteiger partial charge on any atom is 0.298 e. The molecule has 6 nitrogen and oxygen atoms in total. The molecule has 0 fully saturated rings. The van der Waals surface area contributed by atoms with Gasteiger partial charge in [0.1, 0.15) is 11.2 Å². The summed E-state index contributed by atoms with van der Waals surface area (Å²) in [5, 5.41) is 0.889. The molecule has 0 saturated carbocycles. The molecule has 0 N–H and O–H groups in total. The third-order valence-corrected chi connectivity index (χ3v) is 6.24. The van der Waals surface area contributed by atoms with Gasteiger partial charge in [0.25, 0.3) is 11.9 Å². The lowest BCUT2D eigenvalue weighted by Crippen LogP contribution is -2.39. The Morgan fingerprint density at radius 2 is 1.71 bits per heavy atom. The summed E-state index contributed by atoms with van der Waals surface area (Å²) in [5.41, 5.74) is 3.16. The second kappa shape index (κ2) is 9.31. The van der Waals surface area contributed by atoms with E-state index < -0.39 is 0 Å². The number of anilines is 1. The standard InChI is InChI=1S/C24H26N4O2S/c1-4-27(15-16-28(5-2)24-26-19-13-9-10-14-20(19)30-24)23(29)21-22(31-17(3)25-21)18-11-7-6-8-12-18/h6-14H,4-5,15-16H2,1-3H3. The van der Waals surface area contributed by atoms with Gasteiger partial charge in [0.15, 0.2) is 5.58 Å². The Labute approximate surface area is 186 Å². The highest BCUT2D eigenvalue weighted by Crippen LogP contribution is 2.31. The summed E-state index contributed by atoms with van der Waals surface area (Å²) in [6.45, 7) is 8.54. The van der Waals surface area contributed by atoms with Gasteiger partial charge in [0.05, 0.1) is 9.88 Å². The van der Waals surface area contributed by atoms with Gasteiger partial charge >= 0.3 is 0 Å². The van der Waals surface area contributed by atoms with Crippen LogP contribution < -0.4 is 4.90 Å². The number of nitrogens with zero attached hydrogens (tertiary/aromatic N) is 4. The number of thiazole rings is 1. The number of fused-ring (bicyclic) bond motifs is 1. The first-order chi connectivity index (χ1) is 15.1. The van der Waals surface area contributed by atoms with Crippen LogP contribution in [0.5, 0.6) is 0 Å². The number of para-hydroxylation sites is 2. The SMILES string of the molecule is CCN(CCN(CC)c1nc2ccccc2o1)C(=O)c1nc(C)sc1-c1ccccc1. The van der Waals surface area contributed by atoms with Gasteiger partial charge in [-0.3, -0.25) is 4.79 Å². The molecule has 0 atom stereocenters. The van der Waals surface area contributed by atoms with Crippen molar-refractivity contribution in [3.63, 3.8) is 0 Å². The maximum absolute atomic E-state index is 13.4. The Kier molecular flexibility index (Phi) is 6.32. The number of hydrogen-bond donors (Lipinski definition) is 0. The number of hydrogen-bond acceptors (Lipinski definition) is 6. The minimum atomic E-state index is -0.0423. The van der Waals surface area contributed by atoms with Crippen LogP contribution in [0.15, 0.2) is 59.0 Å². The van der Waals surface area contributed by atoms with Gasteiger partial charge in [-0.25, -0.2) is 4.98 Å². The lowest BCUT2D eigenvalue weighted by molar-refractivity contribution is 0.0763. The van der Waals surface area contributed by atoms with Crippen LogP contribution in [0, 0.1) is 6.92 Å². The van der Waals surface area contributed by atoms with Gasteiger partial charge in [0, 0.05) is 26.2 Å². The molecule has 31 heavy (non-hydrogen) atoms. The van der Waals surface area contributed by atoms with Crippen molar-refractivity contribution in [1.82, 2.24) is 14.9 Å². The Morgan fingerprint density at radius 3 is 2.42 bits per heavy atom. The molecule has 0 aliphatic heterocycles. The smallest absolute Gasteiger partial charge is 0.298 e. The number of rotatable bonds is 8. The zero-order chi connectivity index (χ0) is 21.8. The summed E-state index contributed by atoms with van der Waals surface area (Å²) in [4.78, 5) is 27.4. The number of carbonyl (C=O) groups is 1. The van der Waals surface area contributed by atoms with Gasteiger partial charge in [0.2, 0.25) is 0 Å². The van der Waals surface area contributed by atoms with Crippen LogP contribution in [0.4, 0.5) is 6.01 Å². The molecule has 0 unspecified atom stereocenters. The van der Waals surface area contributed by atoms with Crippen LogP contribution in [-0.4, -0.2) is 47.0 Å². The molecular weight excluding hydrogens is 408 g/mol. The van der Waals surface area contributed by atoms with Gasteiger partial charge in [-0.15, -0.1) is 11.3 Å². The van der Waals surface area contributed by atoms with Crippen molar-refractivity contribution in [2.24, 2.45) is 0 Å². The van der Waals surface area contributed by atoms with E-state index in [0.29, 0.717) is 31.3 Å². The van der Waals surface area contributed by atoms with E-state index in [4.69, 9.17) is 4.42 Å². The molecule has 4 rings (SSSR count). The highest BCUT2D eigenvalue weighted by molar-refractivity contribution is 7.15. The molecule has 2 heterocycles. The fourth-order valence-corrected chi connectivity index (χ4v) is 4.45. The molecule has 0 radical (unpaired) electrons. The number of aromatic nitrogens is 2. The van der Waals surface area contributed by atoms with Crippen molar-refractivity contribution in [1.29, 1.82) is 0 Å². The molecule has 2 aromatic carbocycles. The Morgan fingerprint density at radius 1 is 0.968 bits per heavy atom. The monoisotopic (exact) mass is 434 g/mol. The molecule has 0 aliphatic carbocycles.